The summed E-state index contributed by atoms with van der Waals surface area (Å²) in [6, 6.07) is 7.98. The molecular weight excluding hydrogens is 427 g/mol. The van der Waals surface area contributed by atoms with E-state index in [0.29, 0.717) is 33.7 Å². The molecule has 0 spiro atoms. The first-order valence-electron chi connectivity index (χ1n) is 10.1. The molecule has 4 N–H and O–H groups in total. The summed E-state index contributed by atoms with van der Waals surface area (Å²) in [6.45, 7) is 2.51. The summed E-state index contributed by atoms with van der Waals surface area (Å²) in [5.74, 6) is 0.694. The van der Waals surface area contributed by atoms with Crippen LogP contribution in [-0.2, 0) is 11.0 Å². The summed E-state index contributed by atoms with van der Waals surface area (Å²) >= 11 is 0. The number of ether oxygens (including phenoxy) is 2. The topological polar surface area (TPSA) is 99.6 Å². The summed E-state index contributed by atoms with van der Waals surface area (Å²) in [7, 11) is 0. The lowest BCUT2D eigenvalue weighted by Gasteiger charge is -2.53. The molecule has 2 atom stereocenters. The highest BCUT2D eigenvalue weighted by Crippen LogP contribution is 2.59. The van der Waals surface area contributed by atoms with Crippen LogP contribution in [0, 0.1) is 0 Å². The van der Waals surface area contributed by atoms with Gasteiger partial charge in [0.2, 0.25) is 6.79 Å². The molecule has 170 valence electrons. The zero-order valence-corrected chi connectivity index (χ0v) is 17.4. The first-order chi connectivity index (χ1) is 15.0. The normalized spacial score (nSPS) is 26.2. The van der Waals surface area contributed by atoms with E-state index in [0.717, 1.165) is 0 Å². The van der Waals surface area contributed by atoms with Gasteiger partial charge in [-0.3, -0.25) is 5.10 Å². The van der Waals surface area contributed by atoms with E-state index in [9.17, 15) is 23.4 Å². The molecule has 2 unspecified atom stereocenters. The molecule has 32 heavy (non-hydrogen) atoms. The Morgan fingerprint density at radius 2 is 1.94 bits per heavy atom. The Labute approximate surface area is 181 Å². The predicted octanol–water partition coefficient (Wildman–Crippen LogP) is 3.57. The fraction of sp³-hybridized carbons (Fsp3) is 0.409. The van der Waals surface area contributed by atoms with Crippen molar-refractivity contribution in [3.63, 3.8) is 0 Å². The fourth-order valence-corrected chi connectivity index (χ4v) is 5.01. The van der Waals surface area contributed by atoms with Crippen LogP contribution in [0.4, 0.5) is 18.9 Å². The molecular formula is C22H22F3N3O4. The second-order valence-corrected chi connectivity index (χ2v) is 8.99. The van der Waals surface area contributed by atoms with Crippen molar-refractivity contribution in [1.29, 1.82) is 0 Å². The van der Waals surface area contributed by atoms with Gasteiger partial charge in [0.25, 0.3) is 0 Å². The second-order valence-electron chi connectivity index (χ2n) is 8.99. The fourth-order valence-electron chi connectivity index (χ4n) is 5.01. The molecule has 1 aliphatic carbocycles. The number of rotatable bonds is 3. The molecule has 2 heterocycles. The first-order valence-corrected chi connectivity index (χ1v) is 10.1. The van der Waals surface area contributed by atoms with Gasteiger partial charge in [0.05, 0.1) is 18.3 Å². The number of alkyl halides is 3. The molecule has 0 saturated carbocycles. The Bertz CT molecular complexity index is 1210. The SMILES string of the molecule is CC1(C)CC(O)(C(F)(F)F)C(O)(CNc2cccc3[nH]ncc23)c2ccc3c(c21)OCO3. The minimum absolute atomic E-state index is 0.0512. The number of fused-ring (bicyclic) bond motifs is 4. The van der Waals surface area contributed by atoms with Gasteiger partial charge < -0.3 is 25.0 Å². The molecule has 3 aromatic rings. The highest BCUT2D eigenvalue weighted by Gasteiger charge is 2.71. The van der Waals surface area contributed by atoms with E-state index in [1.54, 1.807) is 32.0 Å². The van der Waals surface area contributed by atoms with Crippen molar-refractivity contribution in [2.45, 2.75) is 43.1 Å². The molecule has 2 aliphatic rings. The molecule has 7 nitrogen and oxygen atoms in total. The molecule has 1 aliphatic heterocycles. The number of aromatic nitrogens is 2. The van der Waals surface area contributed by atoms with Crippen LogP contribution < -0.4 is 14.8 Å². The second kappa shape index (κ2) is 6.52. The van der Waals surface area contributed by atoms with Crippen molar-refractivity contribution in [1.82, 2.24) is 10.2 Å². The number of H-pyrrole nitrogens is 1. The van der Waals surface area contributed by atoms with Gasteiger partial charge in [0.15, 0.2) is 17.1 Å². The van der Waals surface area contributed by atoms with E-state index >= 15 is 0 Å². The van der Waals surface area contributed by atoms with E-state index < -0.39 is 35.8 Å². The maximum Gasteiger partial charge on any atom is 0.420 e. The maximum atomic E-state index is 14.4. The van der Waals surface area contributed by atoms with Crippen molar-refractivity contribution < 1.29 is 32.9 Å². The molecule has 0 amide bonds. The van der Waals surface area contributed by atoms with Gasteiger partial charge >= 0.3 is 6.18 Å². The van der Waals surface area contributed by atoms with Gasteiger partial charge in [-0.25, -0.2) is 0 Å². The van der Waals surface area contributed by atoms with E-state index in [-0.39, 0.29) is 12.4 Å². The number of anilines is 1. The van der Waals surface area contributed by atoms with E-state index in [1.807, 2.05) is 0 Å². The molecule has 2 aromatic carbocycles. The molecule has 0 saturated heterocycles. The van der Waals surface area contributed by atoms with Crippen molar-refractivity contribution in [3.8, 4) is 11.5 Å². The van der Waals surface area contributed by atoms with Gasteiger partial charge in [-0.2, -0.15) is 18.3 Å². The largest absolute Gasteiger partial charge is 0.454 e. The molecule has 1 aromatic heterocycles. The quantitative estimate of drug-likeness (QED) is 0.488. The van der Waals surface area contributed by atoms with E-state index in [1.165, 1.54) is 18.3 Å². The summed E-state index contributed by atoms with van der Waals surface area (Å²) in [5.41, 5.74) is -5.78. The zero-order chi connectivity index (χ0) is 22.9. The number of nitrogens with one attached hydrogen (secondary N) is 2. The van der Waals surface area contributed by atoms with Crippen LogP contribution in [0.5, 0.6) is 11.5 Å². The minimum Gasteiger partial charge on any atom is -0.454 e. The van der Waals surface area contributed by atoms with Crippen molar-refractivity contribution >= 4 is 16.6 Å². The number of aromatic amines is 1. The average molecular weight is 449 g/mol. The van der Waals surface area contributed by atoms with Gasteiger partial charge in [-0.1, -0.05) is 26.0 Å². The summed E-state index contributed by atoms with van der Waals surface area (Å²) < 4.78 is 54.0. The Morgan fingerprint density at radius 3 is 2.69 bits per heavy atom. The van der Waals surface area contributed by atoms with Crippen LogP contribution >= 0.6 is 0 Å². The van der Waals surface area contributed by atoms with Gasteiger partial charge in [-0.15, -0.1) is 0 Å². The van der Waals surface area contributed by atoms with Gasteiger partial charge in [0, 0.05) is 16.6 Å². The molecule has 5 rings (SSSR count). The first kappa shape index (κ1) is 20.9. The summed E-state index contributed by atoms with van der Waals surface area (Å²) in [6.07, 6.45) is -4.32. The Hall–Kier alpha value is -2.98. The number of aliphatic hydroxyl groups is 2. The van der Waals surface area contributed by atoms with Crippen LogP contribution in [0.25, 0.3) is 10.9 Å². The third-order valence-electron chi connectivity index (χ3n) is 6.53. The highest BCUT2D eigenvalue weighted by atomic mass is 19.4. The summed E-state index contributed by atoms with van der Waals surface area (Å²) in [5, 5.41) is 33.1. The van der Waals surface area contributed by atoms with Crippen molar-refractivity contribution in [2.75, 3.05) is 18.7 Å². The number of nitrogens with zero attached hydrogens (tertiary/aromatic N) is 1. The van der Waals surface area contributed by atoms with Crippen LogP contribution in [0.15, 0.2) is 36.5 Å². The Balaban J connectivity index is 1.67. The van der Waals surface area contributed by atoms with E-state index in [4.69, 9.17) is 9.47 Å². The molecule has 0 radical (unpaired) electrons. The highest BCUT2D eigenvalue weighted by molar-refractivity contribution is 5.90. The smallest absolute Gasteiger partial charge is 0.420 e. The third-order valence-corrected chi connectivity index (χ3v) is 6.53. The van der Waals surface area contributed by atoms with Crippen LogP contribution in [0.1, 0.15) is 31.4 Å². The van der Waals surface area contributed by atoms with Crippen molar-refractivity contribution in [2.24, 2.45) is 0 Å². The zero-order valence-electron chi connectivity index (χ0n) is 17.4. The minimum atomic E-state index is -5.10. The predicted molar refractivity (Wildman–Crippen MR) is 110 cm³/mol. The third kappa shape index (κ3) is 2.72. The summed E-state index contributed by atoms with van der Waals surface area (Å²) in [4.78, 5) is 0. The van der Waals surface area contributed by atoms with Gasteiger partial charge in [0.1, 0.15) is 5.60 Å². The Kier molecular flexibility index (Phi) is 4.26. The van der Waals surface area contributed by atoms with Crippen LogP contribution in [0.2, 0.25) is 0 Å². The van der Waals surface area contributed by atoms with Crippen LogP contribution in [-0.4, -0.2) is 45.5 Å². The van der Waals surface area contributed by atoms with E-state index in [2.05, 4.69) is 15.5 Å². The maximum absolute atomic E-state index is 14.4. The molecule has 0 fully saturated rings. The standard InChI is InChI=1S/C22H22F3N3O4/c1-19(2)9-21(30,22(23,24)25)20(29,13-6-7-16-18(17(13)19)32-11-31-16)10-26-14-4-3-5-15-12(14)8-27-28-15/h3-8,26,29-30H,9-11H2,1-2H3,(H,27,28). The average Bonchev–Trinajstić information content (AvgIpc) is 3.38. The molecule has 10 heteroatoms. The lowest BCUT2D eigenvalue weighted by atomic mass is 9.58. The number of hydrogen-bond acceptors (Lipinski definition) is 6. The number of halogens is 3. The lowest BCUT2D eigenvalue weighted by Crippen LogP contribution is -2.68. The monoisotopic (exact) mass is 449 g/mol. The number of benzene rings is 2. The van der Waals surface area contributed by atoms with Crippen molar-refractivity contribution in [3.05, 3.63) is 47.7 Å². The van der Waals surface area contributed by atoms with Gasteiger partial charge in [-0.05, 0) is 35.6 Å². The molecule has 0 bridgehead atoms. The Morgan fingerprint density at radius 1 is 1.16 bits per heavy atom. The van der Waals surface area contributed by atoms with Crippen LogP contribution in [0.3, 0.4) is 0 Å². The lowest BCUT2D eigenvalue weighted by molar-refractivity contribution is -0.330. The number of hydrogen-bond donors (Lipinski definition) is 4.